The second-order valence-corrected chi connectivity index (χ2v) is 8.63. The molecule has 0 spiro atoms. The van der Waals surface area contributed by atoms with Gasteiger partial charge in [0.15, 0.2) is 5.96 Å². The molecule has 1 unspecified atom stereocenters. The van der Waals surface area contributed by atoms with Crippen LogP contribution in [0.4, 0.5) is 0 Å². The van der Waals surface area contributed by atoms with Crippen molar-refractivity contribution in [2.24, 2.45) is 10.9 Å². The summed E-state index contributed by atoms with van der Waals surface area (Å²) in [6.07, 6.45) is 2.61. The summed E-state index contributed by atoms with van der Waals surface area (Å²) in [4.78, 5) is 9.78. The molecule has 1 aromatic carbocycles. The molecule has 1 atom stereocenters. The minimum absolute atomic E-state index is 0. The summed E-state index contributed by atoms with van der Waals surface area (Å²) in [5.74, 6) is 2.62. The van der Waals surface area contributed by atoms with Gasteiger partial charge in [-0.15, -0.1) is 24.0 Å². The summed E-state index contributed by atoms with van der Waals surface area (Å²) in [6, 6.07) is 6.93. The van der Waals surface area contributed by atoms with Gasteiger partial charge in [-0.05, 0) is 58.2 Å². The molecule has 0 aromatic heterocycles. The number of nitrogens with zero attached hydrogens (tertiary/aromatic N) is 3. The van der Waals surface area contributed by atoms with Gasteiger partial charge in [-0.25, -0.2) is 4.99 Å². The first-order chi connectivity index (χ1) is 14.0. The van der Waals surface area contributed by atoms with Crippen LogP contribution in [0.5, 0.6) is 5.75 Å². The highest BCUT2D eigenvalue weighted by atomic mass is 127. The lowest BCUT2D eigenvalue weighted by molar-refractivity contribution is 0.120. The summed E-state index contributed by atoms with van der Waals surface area (Å²) in [5, 5.41) is 6.91. The van der Waals surface area contributed by atoms with Crippen LogP contribution in [0.15, 0.2) is 23.2 Å². The van der Waals surface area contributed by atoms with Crippen molar-refractivity contribution in [2.45, 2.75) is 46.2 Å². The molecule has 1 aliphatic heterocycles. The van der Waals surface area contributed by atoms with E-state index < -0.39 is 0 Å². The Bertz CT molecular complexity index is 672. The van der Waals surface area contributed by atoms with Gasteiger partial charge in [-0.3, -0.25) is 4.90 Å². The van der Waals surface area contributed by atoms with E-state index in [0.717, 1.165) is 69.1 Å². The predicted octanol–water partition coefficient (Wildman–Crippen LogP) is 3.09. The monoisotopic (exact) mass is 529 g/mol. The fraction of sp³-hybridized carbons (Fsp3) is 0.696. The number of ether oxygens (including phenoxy) is 1. The predicted molar refractivity (Wildman–Crippen MR) is 136 cm³/mol. The summed E-state index contributed by atoms with van der Waals surface area (Å²) in [7, 11) is 2.20. The van der Waals surface area contributed by atoms with Crippen LogP contribution in [0.25, 0.3) is 0 Å². The lowest BCUT2D eigenvalue weighted by Crippen LogP contribution is -2.52. The molecule has 0 radical (unpaired) electrons. The Kier molecular flexibility index (Phi) is 10.7. The summed E-state index contributed by atoms with van der Waals surface area (Å²) in [5.41, 5.74) is 2.38. The number of halogens is 1. The largest absolute Gasteiger partial charge is 0.493 e. The highest BCUT2D eigenvalue weighted by molar-refractivity contribution is 14.0. The van der Waals surface area contributed by atoms with Crippen LogP contribution in [-0.4, -0.2) is 74.7 Å². The fourth-order valence-electron chi connectivity index (χ4n) is 3.56. The van der Waals surface area contributed by atoms with E-state index in [2.05, 4.69) is 66.5 Å². The first kappa shape index (κ1) is 25.2. The molecule has 2 N–H and O–H groups in total. The number of likely N-dealkylation sites (N-methyl/N-ethyl adjacent to an activating group) is 1. The molecule has 1 saturated carbocycles. The summed E-state index contributed by atoms with van der Waals surface area (Å²) in [6.45, 7) is 14.3. The number of guanidine groups is 1. The van der Waals surface area contributed by atoms with Crippen molar-refractivity contribution >= 4 is 29.9 Å². The maximum Gasteiger partial charge on any atom is 0.191 e. The first-order valence-electron chi connectivity index (χ1n) is 11.2. The summed E-state index contributed by atoms with van der Waals surface area (Å²) < 4.78 is 6.10. The van der Waals surface area contributed by atoms with Crippen molar-refractivity contribution < 1.29 is 4.74 Å². The number of nitrogens with one attached hydrogen (secondary N) is 2. The van der Waals surface area contributed by atoms with Gasteiger partial charge in [0.25, 0.3) is 0 Å². The standard InChI is InChI=1S/C23H39N5O.HI/c1-5-24-23(25-15-19(3)28-12-10-27(4)11-13-28)26-16-21-9-6-18(2)14-22(21)29-17-20-7-8-20;/h6,9,14,19-20H,5,7-8,10-13,15-17H2,1-4H3,(H2,24,25,26);1H. The Balaban J connectivity index is 0.00000320. The van der Waals surface area contributed by atoms with Crippen LogP contribution in [-0.2, 0) is 6.54 Å². The zero-order chi connectivity index (χ0) is 20.6. The highest BCUT2D eigenvalue weighted by Crippen LogP contribution is 2.30. The van der Waals surface area contributed by atoms with Gasteiger partial charge in [0, 0.05) is 50.9 Å². The smallest absolute Gasteiger partial charge is 0.191 e. The van der Waals surface area contributed by atoms with Crippen LogP contribution < -0.4 is 15.4 Å². The van der Waals surface area contributed by atoms with Gasteiger partial charge in [-0.1, -0.05) is 12.1 Å². The van der Waals surface area contributed by atoms with Crippen LogP contribution >= 0.6 is 24.0 Å². The average Bonchev–Trinajstić information content (AvgIpc) is 3.54. The molecule has 6 nitrogen and oxygen atoms in total. The van der Waals surface area contributed by atoms with Gasteiger partial charge < -0.3 is 20.3 Å². The number of hydrogen-bond donors (Lipinski definition) is 2. The van der Waals surface area contributed by atoms with E-state index in [0.29, 0.717) is 12.6 Å². The third kappa shape index (κ3) is 8.23. The van der Waals surface area contributed by atoms with Crippen molar-refractivity contribution in [3.63, 3.8) is 0 Å². The number of aryl methyl sites for hydroxylation is 1. The zero-order valence-corrected chi connectivity index (χ0v) is 21.4. The van der Waals surface area contributed by atoms with Crippen LogP contribution in [0, 0.1) is 12.8 Å². The molecule has 2 aliphatic rings. The summed E-state index contributed by atoms with van der Waals surface area (Å²) >= 11 is 0. The number of piperazine rings is 1. The number of benzene rings is 1. The molecule has 30 heavy (non-hydrogen) atoms. The van der Waals surface area contributed by atoms with Crippen molar-refractivity contribution in [3.05, 3.63) is 29.3 Å². The average molecular weight is 530 g/mol. The van der Waals surface area contributed by atoms with Gasteiger partial charge in [0.05, 0.1) is 13.2 Å². The second kappa shape index (κ2) is 12.7. The van der Waals surface area contributed by atoms with E-state index in [1.54, 1.807) is 0 Å². The van der Waals surface area contributed by atoms with E-state index in [4.69, 9.17) is 9.73 Å². The van der Waals surface area contributed by atoms with E-state index in [1.807, 2.05) is 0 Å². The van der Waals surface area contributed by atoms with Crippen LogP contribution in [0.1, 0.15) is 37.8 Å². The maximum atomic E-state index is 6.10. The molecule has 2 fully saturated rings. The van der Waals surface area contributed by atoms with Crippen LogP contribution in [0.2, 0.25) is 0 Å². The molecular formula is C23H40IN5O. The Hall–Kier alpha value is -1.06. The van der Waals surface area contributed by atoms with Gasteiger partial charge in [0.2, 0.25) is 0 Å². The molecule has 1 heterocycles. The van der Waals surface area contributed by atoms with Gasteiger partial charge in [-0.2, -0.15) is 0 Å². The molecular weight excluding hydrogens is 489 g/mol. The molecule has 0 amide bonds. The SMILES string of the molecule is CCNC(=NCc1ccc(C)cc1OCC1CC1)NCC(C)N1CCN(C)CC1.I. The zero-order valence-electron chi connectivity index (χ0n) is 19.1. The number of rotatable bonds is 9. The van der Waals surface area contributed by atoms with Crippen molar-refractivity contribution in [1.82, 2.24) is 20.4 Å². The Morgan fingerprint density at radius 2 is 1.93 bits per heavy atom. The van der Waals surface area contributed by atoms with Crippen molar-refractivity contribution in [2.75, 3.05) is 52.9 Å². The quantitative estimate of drug-likeness (QED) is 0.293. The minimum atomic E-state index is 0. The fourth-order valence-corrected chi connectivity index (χ4v) is 3.56. The number of aliphatic imine (C=N–C) groups is 1. The molecule has 3 rings (SSSR count). The van der Waals surface area contributed by atoms with E-state index in [1.165, 1.54) is 18.4 Å². The van der Waals surface area contributed by atoms with Crippen molar-refractivity contribution in [1.29, 1.82) is 0 Å². The Morgan fingerprint density at radius 1 is 1.20 bits per heavy atom. The van der Waals surface area contributed by atoms with Crippen molar-refractivity contribution in [3.8, 4) is 5.75 Å². The minimum Gasteiger partial charge on any atom is -0.493 e. The third-order valence-electron chi connectivity index (χ3n) is 5.87. The highest BCUT2D eigenvalue weighted by Gasteiger charge is 2.22. The number of hydrogen-bond acceptors (Lipinski definition) is 4. The normalized spacial score (nSPS) is 19.1. The maximum absolute atomic E-state index is 6.10. The Labute approximate surface area is 199 Å². The third-order valence-corrected chi connectivity index (χ3v) is 5.87. The van der Waals surface area contributed by atoms with E-state index in [9.17, 15) is 0 Å². The first-order valence-corrected chi connectivity index (χ1v) is 11.2. The van der Waals surface area contributed by atoms with Gasteiger partial charge in [0.1, 0.15) is 5.75 Å². The molecule has 170 valence electrons. The van der Waals surface area contributed by atoms with E-state index in [-0.39, 0.29) is 24.0 Å². The van der Waals surface area contributed by atoms with E-state index >= 15 is 0 Å². The molecule has 1 aliphatic carbocycles. The molecule has 0 bridgehead atoms. The topological polar surface area (TPSA) is 52.1 Å². The molecule has 1 saturated heterocycles. The van der Waals surface area contributed by atoms with Crippen LogP contribution in [0.3, 0.4) is 0 Å². The molecule has 7 heteroatoms. The Morgan fingerprint density at radius 3 is 2.60 bits per heavy atom. The second-order valence-electron chi connectivity index (χ2n) is 8.63. The van der Waals surface area contributed by atoms with Gasteiger partial charge >= 0.3 is 0 Å². The lowest BCUT2D eigenvalue weighted by atomic mass is 10.1. The molecule has 1 aromatic rings. The lowest BCUT2D eigenvalue weighted by Gasteiger charge is -2.36.